The number of carbonyl (C=O) groups is 1. The van der Waals surface area contributed by atoms with Crippen LogP contribution in [0.25, 0.3) is 11.0 Å². The first kappa shape index (κ1) is 28.6. The molecular weight excluding hydrogens is 541 g/mol. The fraction of sp³-hybridized carbons (Fsp3) is 0.517. The molecule has 1 amide bonds. The van der Waals surface area contributed by atoms with Crippen molar-refractivity contribution in [2.45, 2.75) is 74.6 Å². The summed E-state index contributed by atoms with van der Waals surface area (Å²) in [4.78, 5) is 25.2. The van der Waals surface area contributed by atoms with Gasteiger partial charge in [0, 0.05) is 24.7 Å². The smallest absolute Gasteiger partial charge is 0.341 e. The number of nitrogens with zero attached hydrogens (tertiary/aromatic N) is 3. The highest BCUT2D eigenvalue weighted by Crippen LogP contribution is 2.40. The zero-order chi connectivity index (χ0) is 28.8. The van der Waals surface area contributed by atoms with E-state index in [0.29, 0.717) is 31.8 Å². The second-order valence-corrected chi connectivity index (χ2v) is 13.4. The Bertz CT molecular complexity index is 1470. The van der Waals surface area contributed by atoms with Crippen LogP contribution in [0.2, 0.25) is 0 Å². The maximum absolute atomic E-state index is 13.8. The number of amides is 1. The van der Waals surface area contributed by atoms with Crippen molar-refractivity contribution in [1.29, 1.82) is 0 Å². The lowest BCUT2D eigenvalue weighted by Crippen LogP contribution is -2.51. The summed E-state index contributed by atoms with van der Waals surface area (Å²) < 4.78 is 67.5. The van der Waals surface area contributed by atoms with E-state index in [-0.39, 0.29) is 51.4 Å². The topological polar surface area (TPSA) is 86.4 Å². The molecule has 5 rings (SSSR count). The Kier molecular flexibility index (Phi) is 7.73. The van der Waals surface area contributed by atoms with E-state index in [1.807, 2.05) is 7.05 Å². The van der Waals surface area contributed by atoms with Crippen LogP contribution in [-0.4, -0.2) is 71.6 Å². The van der Waals surface area contributed by atoms with Crippen molar-refractivity contribution < 1.29 is 26.4 Å². The van der Waals surface area contributed by atoms with Crippen molar-refractivity contribution in [1.82, 2.24) is 19.8 Å². The minimum atomic E-state index is -4.56. The number of fused-ring (bicyclic) bond motifs is 1. The molecule has 2 heterocycles. The van der Waals surface area contributed by atoms with Gasteiger partial charge in [-0.05, 0) is 76.8 Å². The van der Waals surface area contributed by atoms with E-state index in [0.717, 1.165) is 12.5 Å². The number of aromatic amines is 1. The monoisotopic (exact) mass is 576 g/mol. The highest BCUT2D eigenvalue weighted by Gasteiger charge is 2.45. The predicted molar refractivity (Wildman–Crippen MR) is 146 cm³/mol. The van der Waals surface area contributed by atoms with Gasteiger partial charge in [0.05, 0.1) is 27.6 Å². The van der Waals surface area contributed by atoms with Gasteiger partial charge in [-0.3, -0.25) is 4.79 Å². The minimum absolute atomic E-state index is 0.0713. The molecule has 0 spiro atoms. The van der Waals surface area contributed by atoms with Crippen LogP contribution in [-0.2, 0) is 20.8 Å². The lowest BCUT2D eigenvalue weighted by molar-refractivity contribution is -0.136. The summed E-state index contributed by atoms with van der Waals surface area (Å²) >= 11 is 0. The molecule has 2 fully saturated rings. The summed E-state index contributed by atoms with van der Waals surface area (Å²) in [6, 6.07) is 12.4. The van der Waals surface area contributed by atoms with Crippen LogP contribution in [0.3, 0.4) is 0 Å². The Morgan fingerprint density at radius 3 is 2.48 bits per heavy atom. The fourth-order valence-corrected chi connectivity index (χ4v) is 8.03. The van der Waals surface area contributed by atoms with Crippen molar-refractivity contribution in [3.63, 3.8) is 0 Å². The van der Waals surface area contributed by atoms with E-state index in [4.69, 9.17) is 0 Å². The maximum Gasteiger partial charge on any atom is 0.418 e. The third kappa shape index (κ3) is 5.50. The molecule has 1 saturated heterocycles. The van der Waals surface area contributed by atoms with E-state index in [2.05, 4.69) is 28.7 Å². The van der Waals surface area contributed by atoms with Crippen molar-refractivity contribution in [2.24, 2.45) is 5.92 Å². The number of para-hydroxylation sites is 1. The summed E-state index contributed by atoms with van der Waals surface area (Å²) in [5, 5.41) is 0. The van der Waals surface area contributed by atoms with E-state index >= 15 is 0 Å². The summed E-state index contributed by atoms with van der Waals surface area (Å²) in [5.74, 6) is -1.04. The van der Waals surface area contributed by atoms with Crippen molar-refractivity contribution in [2.75, 3.05) is 19.3 Å². The zero-order valence-corrected chi connectivity index (χ0v) is 23.7. The average Bonchev–Trinajstić information content (AvgIpc) is 3.51. The number of likely N-dealkylation sites (tertiary alicyclic amines) is 1. The molecule has 1 saturated carbocycles. The van der Waals surface area contributed by atoms with Gasteiger partial charge in [-0.25, -0.2) is 13.4 Å². The lowest BCUT2D eigenvalue weighted by Gasteiger charge is -2.44. The Morgan fingerprint density at radius 1 is 1.07 bits per heavy atom. The van der Waals surface area contributed by atoms with E-state index in [1.165, 1.54) is 12.1 Å². The molecule has 3 aromatic rings. The number of carbonyl (C=O) groups excluding carboxylic acids is 1. The van der Waals surface area contributed by atoms with Crippen LogP contribution in [0, 0.1) is 5.92 Å². The Morgan fingerprint density at radius 2 is 1.80 bits per heavy atom. The van der Waals surface area contributed by atoms with E-state index in [9.17, 15) is 26.4 Å². The van der Waals surface area contributed by atoms with Crippen molar-refractivity contribution in [3.05, 3.63) is 59.9 Å². The molecule has 2 aliphatic rings. The molecule has 0 radical (unpaired) electrons. The number of hydrogen-bond donors (Lipinski definition) is 1. The molecule has 1 aliphatic heterocycles. The molecule has 1 N–H and O–H groups in total. The van der Waals surface area contributed by atoms with Crippen LogP contribution in [0.1, 0.15) is 56.8 Å². The Hall–Kier alpha value is -2.92. The first-order valence-electron chi connectivity index (χ1n) is 13.7. The molecule has 11 heteroatoms. The van der Waals surface area contributed by atoms with Gasteiger partial charge in [0.25, 0.3) is 0 Å². The number of H-pyrrole nitrogens is 1. The molecule has 216 valence electrons. The highest BCUT2D eigenvalue weighted by atomic mass is 32.2. The molecule has 40 heavy (non-hydrogen) atoms. The van der Waals surface area contributed by atoms with Crippen LogP contribution < -0.4 is 0 Å². The van der Waals surface area contributed by atoms with Crippen LogP contribution >= 0.6 is 0 Å². The number of rotatable bonds is 7. The average molecular weight is 577 g/mol. The summed E-state index contributed by atoms with van der Waals surface area (Å²) in [5.41, 5.74) is -0.797. The third-order valence-corrected chi connectivity index (χ3v) is 10.5. The van der Waals surface area contributed by atoms with Gasteiger partial charge in [-0.2, -0.15) is 13.2 Å². The predicted octanol–water partition coefficient (Wildman–Crippen LogP) is 5.25. The lowest BCUT2D eigenvalue weighted by atomic mass is 9.81. The van der Waals surface area contributed by atoms with Gasteiger partial charge in [0.2, 0.25) is 5.91 Å². The first-order valence-corrected chi connectivity index (χ1v) is 15.4. The normalized spacial score (nSPS) is 24.5. The quantitative estimate of drug-likeness (QED) is 0.415. The second kappa shape index (κ2) is 10.8. The number of sulfone groups is 1. The molecule has 4 atom stereocenters. The number of halogens is 3. The van der Waals surface area contributed by atoms with Gasteiger partial charge in [0.15, 0.2) is 9.84 Å². The van der Waals surface area contributed by atoms with Crippen LogP contribution in [0.15, 0.2) is 53.4 Å². The summed E-state index contributed by atoms with van der Waals surface area (Å²) in [6.07, 6.45) is -2.02. The standard InChI is InChI=1S/C29H35F3N4O3S/c1-18(2)35(3)20-12-13-25(19(16-20)17-40(38,39)21-8-5-4-6-9-21)36-15-14-22(28(36)37)27-33-24-11-7-10-23(26(24)34-27)29(30,31)32/h4-11,18-20,22,25H,12-17H2,1-3H3,(H,33,34)/t19?,20-,22?,25?/m1/s1. The second-order valence-electron chi connectivity index (χ2n) is 11.3. The van der Waals surface area contributed by atoms with E-state index in [1.54, 1.807) is 35.2 Å². The van der Waals surface area contributed by atoms with Gasteiger partial charge in [-0.15, -0.1) is 0 Å². The zero-order valence-electron chi connectivity index (χ0n) is 22.9. The maximum atomic E-state index is 13.8. The largest absolute Gasteiger partial charge is 0.418 e. The number of hydrogen-bond acceptors (Lipinski definition) is 5. The van der Waals surface area contributed by atoms with Crippen molar-refractivity contribution in [3.8, 4) is 0 Å². The van der Waals surface area contributed by atoms with Gasteiger partial charge < -0.3 is 14.8 Å². The SMILES string of the molecule is CC(C)N(C)[C@@H]1CCC(N2CCC(c3nc4c(C(F)(F)F)cccc4[nH]3)C2=O)C(CS(=O)(=O)c2ccccc2)C1. The van der Waals surface area contributed by atoms with Crippen LogP contribution in [0.4, 0.5) is 13.2 Å². The number of benzene rings is 2. The van der Waals surface area contributed by atoms with Gasteiger partial charge >= 0.3 is 6.18 Å². The Balaban J connectivity index is 1.42. The summed E-state index contributed by atoms with van der Waals surface area (Å²) in [7, 11) is -1.54. The van der Waals surface area contributed by atoms with Gasteiger partial charge in [-0.1, -0.05) is 24.3 Å². The molecular formula is C29H35F3N4O3S. The number of imidazole rings is 1. The van der Waals surface area contributed by atoms with Gasteiger partial charge in [0.1, 0.15) is 11.3 Å². The number of aromatic nitrogens is 2. The molecule has 3 unspecified atom stereocenters. The minimum Gasteiger partial charge on any atom is -0.341 e. The first-order chi connectivity index (χ1) is 18.9. The molecule has 2 aromatic carbocycles. The highest BCUT2D eigenvalue weighted by molar-refractivity contribution is 7.91. The van der Waals surface area contributed by atoms with E-state index < -0.39 is 27.5 Å². The summed E-state index contributed by atoms with van der Waals surface area (Å²) in [6.45, 7) is 4.62. The van der Waals surface area contributed by atoms with Crippen LogP contribution in [0.5, 0.6) is 0 Å². The molecule has 0 bridgehead atoms. The molecule has 1 aliphatic carbocycles. The van der Waals surface area contributed by atoms with Crippen molar-refractivity contribution >= 4 is 26.8 Å². The molecule has 1 aromatic heterocycles. The fourth-order valence-electron chi connectivity index (χ4n) is 6.34. The third-order valence-electron chi connectivity index (χ3n) is 8.65. The number of nitrogens with one attached hydrogen (secondary N) is 1. The molecule has 7 nitrogen and oxygen atoms in total. The Labute approximate surface area is 232 Å². The number of alkyl halides is 3.